The second kappa shape index (κ2) is 4.03. The fraction of sp³-hybridized carbons (Fsp3) is 0.200. The van der Waals surface area contributed by atoms with Crippen molar-refractivity contribution >= 4 is 23.1 Å². The molecule has 2 heterocycles. The zero-order valence-corrected chi connectivity index (χ0v) is 8.95. The largest absolute Gasteiger partial charge is 0.468 e. The van der Waals surface area contributed by atoms with Gasteiger partial charge in [0.15, 0.2) is 0 Å². The Morgan fingerprint density at radius 1 is 1.46 bits per heavy atom. The molecule has 2 aromatic heterocycles. The highest BCUT2D eigenvalue weighted by Crippen LogP contribution is 2.27. The molecule has 0 fully saturated rings. The molecule has 0 unspecified atom stereocenters. The summed E-state index contributed by atoms with van der Waals surface area (Å²) in [5, 5.41) is 2.11. The van der Waals surface area contributed by atoms with Crippen molar-refractivity contribution in [2.75, 3.05) is 0 Å². The predicted molar refractivity (Wildman–Crippen MR) is 57.3 cm³/mol. The van der Waals surface area contributed by atoms with Gasteiger partial charge in [-0.3, -0.25) is 0 Å². The van der Waals surface area contributed by atoms with E-state index >= 15 is 0 Å². The smallest absolute Gasteiger partial charge is 0.114 e. The van der Waals surface area contributed by atoms with Crippen molar-refractivity contribution in [2.24, 2.45) is 0 Å². The van der Waals surface area contributed by atoms with Gasteiger partial charge in [-0.25, -0.2) is 0 Å². The second-order valence-corrected chi connectivity index (χ2v) is 4.76. The molecular weight excluding hydrogens is 200 g/mol. The van der Waals surface area contributed by atoms with Crippen molar-refractivity contribution in [2.45, 2.75) is 17.6 Å². The molecule has 2 rings (SSSR count). The first-order valence-electron chi connectivity index (χ1n) is 4.05. The van der Waals surface area contributed by atoms with Gasteiger partial charge in [0.25, 0.3) is 0 Å². The van der Waals surface area contributed by atoms with E-state index in [0.717, 1.165) is 11.5 Å². The van der Waals surface area contributed by atoms with Crippen LogP contribution in [-0.4, -0.2) is 0 Å². The fourth-order valence-corrected chi connectivity index (χ4v) is 2.80. The van der Waals surface area contributed by atoms with Crippen LogP contribution in [-0.2, 0) is 5.75 Å². The molecule has 13 heavy (non-hydrogen) atoms. The number of hydrogen-bond acceptors (Lipinski definition) is 3. The Labute approximate surface area is 85.8 Å². The molecule has 0 aliphatic rings. The van der Waals surface area contributed by atoms with Crippen molar-refractivity contribution in [1.82, 2.24) is 0 Å². The van der Waals surface area contributed by atoms with Gasteiger partial charge in [-0.05, 0) is 24.4 Å². The molecule has 68 valence electrons. The number of thioether (sulfide) groups is 1. The molecule has 0 aliphatic carbocycles. The molecule has 0 saturated heterocycles. The van der Waals surface area contributed by atoms with Crippen LogP contribution >= 0.6 is 23.1 Å². The Balaban J connectivity index is 1.97. The summed E-state index contributed by atoms with van der Waals surface area (Å²) in [6.45, 7) is 2.00. The third-order valence-corrected chi connectivity index (χ3v) is 4.01. The van der Waals surface area contributed by atoms with Gasteiger partial charge in [0, 0.05) is 15.5 Å². The lowest BCUT2D eigenvalue weighted by Crippen LogP contribution is -1.73. The first-order valence-corrected chi connectivity index (χ1v) is 5.92. The number of furan rings is 1. The van der Waals surface area contributed by atoms with Gasteiger partial charge in [0.1, 0.15) is 5.76 Å². The first-order chi connectivity index (χ1) is 6.36. The molecular formula is C10H10OS2. The maximum atomic E-state index is 5.22. The maximum Gasteiger partial charge on any atom is 0.114 e. The van der Waals surface area contributed by atoms with Crippen LogP contribution in [0.25, 0.3) is 0 Å². The maximum absolute atomic E-state index is 5.22. The Bertz CT molecular complexity index is 362. The Morgan fingerprint density at radius 2 is 2.38 bits per heavy atom. The molecule has 3 heteroatoms. The van der Waals surface area contributed by atoms with Crippen LogP contribution in [0.2, 0.25) is 0 Å². The lowest BCUT2D eigenvalue weighted by molar-refractivity contribution is 0.527. The average Bonchev–Trinajstić information content (AvgIpc) is 2.72. The van der Waals surface area contributed by atoms with Gasteiger partial charge in [-0.15, -0.1) is 23.1 Å². The summed E-state index contributed by atoms with van der Waals surface area (Å²) >= 11 is 3.63. The topological polar surface area (TPSA) is 13.1 Å². The minimum Gasteiger partial charge on any atom is -0.468 e. The molecule has 2 aromatic rings. The Hall–Kier alpha value is -0.670. The van der Waals surface area contributed by atoms with E-state index in [1.165, 1.54) is 9.77 Å². The zero-order valence-electron chi connectivity index (χ0n) is 7.32. The van der Waals surface area contributed by atoms with Crippen molar-refractivity contribution < 1.29 is 4.42 Å². The van der Waals surface area contributed by atoms with Crippen molar-refractivity contribution in [1.29, 1.82) is 0 Å². The van der Waals surface area contributed by atoms with E-state index < -0.39 is 0 Å². The number of aryl methyl sites for hydroxylation is 1. The van der Waals surface area contributed by atoms with Crippen LogP contribution < -0.4 is 0 Å². The van der Waals surface area contributed by atoms with E-state index in [9.17, 15) is 0 Å². The summed E-state index contributed by atoms with van der Waals surface area (Å²) in [7, 11) is 0. The normalized spacial score (nSPS) is 10.5. The third kappa shape index (κ3) is 2.17. The highest BCUT2D eigenvalue weighted by Gasteiger charge is 2.02. The summed E-state index contributed by atoms with van der Waals surface area (Å²) in [4.78, 5) is 2.65. The van der Waals surface area contributed by atoms with E-state index in [2.05, 4.69) is 17.5 Å². The summed E-state index contributed by atoms with van der Waals surface area (Å²) < 4.78 is 5.22. The molecule has 0 bridgehead atoms. The van der Waals surface area contributed by atoms with E-state index in [1.54, 1.807) is 17.6 Å². The van der Waals surface area contributed by atoms with Gasteiger partial charge < -0.3 is 4.42 Å². The molecule has 0 N–H and O–H groups in total. The van der Waals surface area contributed by atoms with E-state index in [1.807, 2.05) is 24.8 Å². The Morgan fingerprint density at radius 3 is 3.00 bits per heavy atom. The van der Waals surface area contributed by atoms with E-state index in [-0.39, 0.29) is 0 Å². The Kier molecular flexibility index (Phi) is 2.76. The quantitative estimate of drug-likeness (QED) is 0.712. The molecule has 0 atom stereocenters. The average molecular weight is 210 g/mol. The van der Waals surface area contributed by atoms with Gasteiger partial charge >= 0.3 is 0 Å². The van der Waals surface area contributed by atoms with Crippen LogP contribution in [0.4, 0.5) is 0 Å². The molecule has 0 spiro atoms. The fourth-order valence-electron chi connectivity index (χ4n) is 1.07. The summed E-state index contributed by atoms with van der Waals surface area (Å²) in [5.41, 5.74) is 0. The van der Waals surface area contributed by atoms with Gasteiger partial charge in [0.2, 0.25) is 0 Å². The summed E-state index contributed by atoms with van der Waals surface area (Å²) in [6.07, 6.45) is 1.74. The molecule has 0 aromatic carbocycles. The lowest BCUT2D eigenvalue weighted by atomic mass is 10.5. The zero-order chi connectivity index (χ0) is 9.10. The van der Waals surface area contributed by atoms with Crippen LogP contribution in [0, 0.1) is 6.92 Å². The number of rotatable bonds is 3. The summed E-state index contributed by atoms with van der Waals surface area (Å²) in [6, 6.07) is 6.27. The number of hydrogen-bond donors (Lipinski definition) is 0. The van der Waals surface area contributed by atoms with Gasteiger partial charge in [-0.1, -0.05) is 6.07 Å². The first kappa shape index (κ1) is 8.91. The van der Waals surface area contributed by atoms with Crippen LogP contribution in [0.1, 0.15) is 10.6 Å². The molecule has 0 aliphatic heterocycles. The standard InChI is InChI=1S/C10H10OS2/c1-8-10(4-5-11-8)13-7-9-3-2-6-12-9/h2-6H,7H2,1H3. The van der Waals surface area contributed by atoms with Crippen molar-refractivity contribution in [3.05, 3.63) is 40.5 Å². The SMILES string of the molecule is Cc1occc1SCc1cccs1. The van der Waals surface area contributed by atoms with Gasteiger partial charge in [0.05, 0.1) is 6.26 Å². The minimum absolute atomic E-state index is 1.02. The van der Waals surface area contributed by atoms with E-state index in [4.69, 9.17) is 4.42 Å². The third-order valence-electron chi connectivity index (χ3n) is 1.76. The summed E-state index contributed by atoms with van der Waals surface area (Å²) in [5.74, 6) is 2.06. The van der Waals surface area contributed by atoms with Crippen molar-refractivity contribution in [3.8, 4) is 0 Å². The van der Waals surface area contributed by atoms with Gasteiger partial charge in [-0.2, -0.15) is 0 Å². The molecule has 1 nitrogen and oxygen atoms in total. The number of thiophene rings is 1. The van der Waals surface area contributed by atoms with Crippen LogP contribution in [0.3, 0.4) is 0 Å². The highest BCUT2D eigenvalue weighted by atomic mass is 32.2. The van der Waals surface area contributed by atoms with E-state index in [0.29, 0.717) is 0 Å². The van der Waals surface area contributed by atoms with Crippen molar-refractivity contribution in [3.63, 3.8) is 0 Å². The second-order valence-electron chi connectivity index (χ2n) is 2.71. The highest BCUT2D eigenvalue weighted by molar-refractivity contribution is 7.98. The predicted octanol–water partition coefficient (Wildman–Crippen LogP) is 3.94. The monoisotopic (exact) mass is 210 g/mol. The van der Waals surface area contributed by atoms with Crippen LogP contribution in [0.15, 0.2) is 39.2 Å². The van der Waals surface area contributed by atoms with Crippen LogP contribution in [0.5, 0.6) is 0 Å². The molecule has 0 saturated carbocycles. The molecule has 0 radical (unpaired) electrons. The molecule has 0 amide bonds. The minimum atomic E-state index is 1.02. The lowest BCUT2D eigenvalue weighted by Gasteiger charge is -1.95.